The van der Waals surface area contributed by atoms with Crippen molar-refractivity contribution in [3.63, 3.8) is 0 Å². The summed E-state index contributed by atoms with van der Waals surface area (Å²) in [5.41, 5.74) is 13.4. The van der Waals surface area contributed by atoms with Crippen LogP contribution in [0.5, 0.6) is 0 Å². The highest BCUT2D eigenvalue weighted by Crippen LogP contribution is 2.62. The Morgan fingerprint density at radius 1 is 0.714 bits per heavy atom. The highest BCUT2D eigenvalue weighted by atomic mass is 14.5. The summed E-state index contributed by atoms with van der Waals surface area (Å²) in [6.07, 6.45) is 6.22. The molecule has 0 saturated carbocycles. The van der Waals surface area contributed by atoms with Gasteiger partial charge in [0.1, 0.15) is 0 Å². The SMILES string of the molecule is C=C/C=C\C1=C(C)c2ccccc2C12c1cc(C)ccc1-c1ccc(C)cc12. The summed E-state index contributed by atoms with van der Waals surface area (Å²) >= 11 is 0. The zero-order valence-corrected chi connectivity index (χ0v) is 16.7. The van der Waals surface area contributed by atoms with Gasteiger partial charge in [-0.05, 0) is 65.3 Å². The van der Waals surface area contributed by atoms with Crippen LogP contribution in [0.2, 0.25) is 0 Å². The molecule has 0 amide bonds. The van der Waals surface area contributed by atoms with Crippen molar-refractivity contribution in [2.24, 2.45) is 0 Å². The Hall–Kier alpha value is -3.12. The highest BCUT2D eigenvalue weighted by Gasteiger charge is 2.51. The first-order chi connectivity index (χ1) is 13.6. The van der Waals surface area contributed by atoms with Crippen LogP contribution in [0.3, 0.4) is 0 Å². The first kappa shape index (κ1) is 17.0. The molecular weight excluding hydrogens is 336 g/mol. The maximum atomic E-state index is 3.92. The number of aryl methyl sites for hydroxylation is 2. The van der Waals surface area contributed by atoms with E-state index in [0.29, 0.717) is 0 Å². The van der Waals surface area contributed by atoms with Crippen LogP contribution in [0.15, 0.2) is 91.0 Å². The van der Waals surface area contributed by atoms with Gasteiger partial charge in [0.25, 0.3) is 0 Å². The van der Waals surface area contributed by atoms with Crippen LogP contribution in [-0.2, 0) is 5.41 Å². The molecule has 2 aliphatic carbocycles. The van der Waals surface area contributed by atoms with E-state index in [1.165, 1.54) is 55.7 Å². The average molecular weight is 361 g/mol. The predicted octanol–water partition coefficient (Wildman–Crippen LogP) is 7.15. The van der Waals surface area contributed by atoms with E-state index in [-0.39, 0.29) is 5.41 Å². The predicted molar refractivity (Wildman–Crippen MR) is 120 cm³/mol. The van der Waals surface area contributed by atoms with Gasteiger partial charge in [0, 0.05) is 0 Å². The number of hydrogen-bond acceptors (Lipinski definition) is 0. The van der Waals surface area contributed by atoms with Gasteiger partial charge in [-0.2, -0.15) is 0 Å². The van der Waals surface area contributed by atoms with Crippen molar-refractivity contribution in [2.75, 3.05) is 0 Å². The maximum absolute atomic E-state index is 3.92. The molecule has 0 heteroatoms. The van der Waals surface area contributed by atoms with Gasteiger partial charge in [-0.25, -0.2) is 0 Å². The van der Waals surface area contributed by atoms with E-state index in [4.69, 9.17) is 0 Å². The second kappa shape index (κ2) is 5.94. The van der Waals surface area contributed by atoms with Crippen LogP contribution < -0.4 is 0 Å². The van der Waals surface area contributed by atoms with E-state index in [1.54, 1.807) is 0 Å². The minimum absolute atomic E-state index is 0.247. The molecule has 0 N–H and O–H groups in total. The fourth-order valence-electron chi connectivity index (χ4n) is 5.25. The molecule has 136 valence electrons. The third-order valence-corrected chi connectivity index (χ3v) is 6.39. The molecule has 0 saturated heterocycles. The third kappa shape index (κ3) is 2.01. The lowest BCUT2D eigenvalue weighted by Crippen LogP contribution is -2.27. The van der Waals surface area contributed by atoms with E-state index in [1.807, 2.05) is 6.08 Å². The van der Waals surface area contributed by atoms with E-state index in [2.05, 4.69) is 100 Å². The van der Waals surface area contributed by atoms with Gasteiger partial charge >= 0.3 is 0 Å². The Morgan fingerprint density at radius 2 is 1.32 bits per heavy atom. The van der Waals surface area contributed by atoms with Crippen LogP contribution in [0.4, 0.5) is 0 Å². The zero-order valence-electron chi connectivity index (χ0n) is 16.7. The van der Waals surface area contributed by atoms with Crippen LogP contribution >= 0.6 is 0 Å². The molecule has 0 unspecified atom stereocenters. The fraction of sp³-hybridized carbons (Fsp3) is 0.143. The Balaban J connectivity index is 2.00. The summed E-state index contributed by atoms with van der Waals surface area (Å²) in [7, 11) is 0. The molecule has 0 heterocycles. The summed E-state index contributed by atoms with van der Waals surface area (Å²) in [4.78, 5) is 0. The second-order valence-electron chi connectivity index (χ2n) is 8.03. The molecule has 0 radical (unpaired) electrons. The van der Waals surface area contributed by atoms with Crippen LogP contribution in [-0.4, -0.2) is 0 Å². The Morgan fingerprint density at radius 3 is 1.93 bits per heavy atom. The standard InChI is InChI=1S/C28H24/c1-5-6-10-24-20(4)21-9-7-8-11-25(21)28(24)26-16-18(2)12-14-22(26)23-15-13-19(3)17-27(23)28/h5-17H,1H2,2-4H3/b10-6-. The fourth-order valence-corrected chi connectivity index (χ4v) is 5.25. The quantitative estimate of drug-likeness (QED) is 0.426. The van der Waals surface area contributed by atoms with Crippen LogP contribution in [0.1, 0.15) is 40.3 Å². The third-order valence-electron chi connectivity index (χ3n) is 6.39. The molecule has 0 aliphatic heterocycles. The van der Waals surface area contributed by atoms with Crippen molar-refractivity contribution >= 4 is 5.57 Å². The molecule has 28 heavy (non-hydrogen) atoms. The minimum Gasteiger partial charge on any atom is -0.0991 e. The van der Waals surface area contributed by atoms with Gasteiger partial charge < -0.3 is 0 Å². The second-order valence-corrected chi connectivity index (χ2v) is 8.03. The van der Waals surface area contributed by atoms with Crippen molar-refractivity contribution in [1.29, 1.82) is 0 Å². The monoisotopic (exact) mass is 360 g/mol. The number of allylic oxidation sites excluding steroid dienone is 5. The lowest BCUT2D eigenvalue weighted by atomic mass is 9.69. The van der Waals surface area contributed by atoms with Gasteiger partial charge in [0.15, 0.2) is 0 Å². The minimum atomic E-state index is -0.247. The molecule has 0 fully saturated rings. The van der Waals surface area contributed by atoms with E-state index in [0.717, 1.165) is 0 Å². The summed E-state index contributed by atoms with van der Waals surface area (Å²) in [6.45, 7) is 10.6. The van der Waals surface area contributed by atoms with E-state index in [9.17, 15) is 0 Å². The van der Waals surface area contributed by atoms with E-state index < -0.39 is 0 Å². The smallest absolute Gasteiger partial charge is 0.0722 e. The molecule has 0 bridgehead atoms. The van der Waals surface area contributed by atoms with Gasteiger partial charge in [0.2, 0.25) is 0 Å². The van der Waals surface area contributed by atoms with Gasteiger partial charge in [-0.15, -0.1) is 0 Å². The topological polar surface area (TPSA) is 0 Å². The highest BCUT2D eigenvalue weighted by molar-refractivity contribution is 5.95. The molecule has 3 aromatic carbocycles. The number of fused-ring (bicyclic) bond motifs is 7. The first-order valence-electron chi connectivity index (χ1n) is 9.92. The van der Waals surface area contributed by atoms with Crippen LogP contribution in [0.25, 0.3) is 16.7 Å². The number of benzene rings is 3. The van der Waals surface area contributed by atoms with Crippen LogP contribution in [0, 0.1) is 13.8 Å². The van der Waals surface area contributed by atoms with Gasteiger partial charge in [-0.3, -0.25) is 0 Å². The lowest BCUT2D eigenvalue weighted by molar-refractivity contribution is 0.784. The van der Waals surface area contributed by atoms with Crippen molar-refractivity contribution in [3.8, 4) is 11.1 Å². The molecule has 3 aromatic rings. The molecule has 5 rings (SSSR count). The Labute approximate surface area is 167 Å². The Bertz CT molecular complexity index is 1150. The first-order valence-corrected chi connectivity index (χ1v) is 9.92. The summed E-state index contributed by atoms with van der Waals surface area (Å²) in [6, 6.07) is 22.8. The summed E-state index contributed by atoms with van der Waals surface area (Å²) in [5.74, 6) is 0. The average Bonchev–Trinajstić information content (AvgIpc) is 3.11. The lowest BCUT2D eigenvalue weighted by Gasteiger charge is -2.32. The normalized spacial score (nSPS) is 15.8. The number of rotatable bonds is 2. The van der Waals surface area contributed by atoms with Crippen molar-refractivity contribution in [3.05, 3.63) is 124 Å². The molecular formula is C28H24. The molecule has 0 nitrogen and oxygen atoms in total. The molecule has 0 atom stereocenters. The van der Waals surface area contributed by atoms with Gasteiger partial charge in [0.05, 0.1) is 5.41 Å². The molecule has 2 aliphatic rings. The zero-order chi connectivity index (χ0) is 19.5. The van der Waals surface area contributed by atoms with E-state index >= 15 is 0 Å². The number of hydrogen-bond donors (Lipinski definition) is 0. The van der Waals surface area contributed by atoms with Crippen molar-refractivity contribution in [1.82, 2.24) is 0 Å². The van der Waals surface area contributed by atoms with Crippen molar-refractivity contribution in [2.45, 2.75) is 26.2 Å². The van der Waals surface area contributed by atoms with Crippen molar-refractivity contribution < 1.29 is 0 Å². The molecule has 1 spiro atoms. The Kier molecular flexibility index (Phi) is 3.61. The summed E-state index contributed by atoms with van der Waals surface area (Å²) in [5, 5.41) is 0. The largest absolute Gasteiger partial charge is 0.0991 e. The molecule has 0 aromatic heterocycles. The summed E-state index contributed by atoms with van der Waals surface area (Å²) < 4.78 is 0. The maximum Gasteiger partial charge on any atom is 0.0722 e. The van der Waals surface area contributed by atoms with Gasteiger partial charge in [-0.1, -0.05) is 96.6 Å².